The molecule has 2 aromatic carbocycles. The lowest BCUT2D eigenvalue weighted by Gasteiger charge is -2.00. The van der Waals surface area contributed by atoms with Gasteiger partial charge in [-0.3, -0.25) is 4.21 Å². The maximum absolute atomic E-state index is 13.1. The number of halogens is 1. The molecule has 1 aromatic heterocycles. The third kappa shape index (κ3) is 1.99. The number of rotatable bonds is 2. The van der Waals surface area contributed by atoms with Crippen LogP contribution in [0.2, 0.25) is 0 Å². The zero-order chi connectivity index (χ0) is 15.3. The average molecular weight is 318 g/mol. The number of hydrogen-bond acceptors (Lipinski definition) is 4. The van der Waals surface area contributed by atoms with E-state index in [0.717, 1.165) is 0 Å². The molecule has 0 saturated carbocycles. The molecule has 3 aromatic rings. The van der Waals surface area contributed by atoms with Crippen molar-refractivity contribution in [3.05, 3.63) is 42.2 Å². The molecule has 0 bridgehead atoms. The Hall–Kier alpha value is -2.34. The molecular weight excluding hydrogens is 307 g/mol. The van der Waals surface area contributed by atoms with E-state index in [1.165, 1.54) is 12.1 Å². The van der Waals surface area contributed by atoms with Crippen LogP contribution in [-0.2, 0) is 10.8 Å². The van der Waals surface area contributed by atoms with E-state index in [-0.39, 0.29) is 12.6 Å². The quantitative estimate of drug-likeness (QED) is 0.723. The highest BCUT2D eigenvalue weighted by molar-refractivity contribution is 7.84. The molecule has 0 amide bonds. The fraction of sp³-hybridized carbons (Fsp3) is 0.125. The van der Waals surface area contributed by atoms with Crippen molar-refractivity contribution < 1.29 is 22.5 Å². The Morgan fingerprint density at radius 1 is 1.09 bits per heavy atom. The van der Waals surface area contributed by atoms with E-state index in [1.54, 1.807) is 30.5 Å². The molecule has 2 heterocycles. The van der Waals surface area contributed by atoms with Crippen LogP contribution in [0.15, 0.2) is 45.7 Å². The standard InChI is InChI=1S/C16H11FO4S/c1-22(18)16-11-6-13-14(20-8-19-13)7-12(11)21-15(16)9-2-4-10(17)5-3-9/h2-7H,8H2,1H3/t22-/m0/s1. The molecule has 1 atom stereocenters. The molecule has 112 valence electrons. The summed E-state index contributed by atoms with van der Waals surface area (Å²) in [5, 5.41) is 0.712. The number of ether oxygens (including phenoxy) is 2. The van der Waals surface area contributed by atoms with Gasteiger partial charge in [-0.2, -0.15) is 0 Å². The second-order valence-electron chi connectivity index (χ2n) is 4.92. The summed E-state index contributed by atoms with van der Waals surface area (Å²) in [5.74, 6) is 1.34. The Morgan fingerprint density at radius 2 is 1.77 bits per heavy atom. The lowest BCUT2D eigenvalue weighted by molar-refractivity contribution is 0.174. The predicted molar refractivity (Wildman–Crippen MR) is 80.1 cm³/mol. The van der Waals surface area contributed by atoms with Crippen LogP contribution in [0.4, 0.5) is 4.39 Å². The van der Waals surface area contributed by atoms with Crippen LogP contribution in [0, 0.1) is 5.82 Å². The minimum atomic E-state index is -1.27. The normalized spacial score (nSPS) is 14.5. The monoisotopic (exact) mass is 318 g/mol. The Bertz CT molecular complexity index is 899. The molecule has 1 aliphatic rings. The van der Waals surface area contributed by atoms with Gasteiger partial charge in [-0.15, -0.1) is 0 Å². The van der Waals surface area contributed by atoms with Gasteiger partial charge in [0.1, 0.15) is 11.4 Å². The molecule has 0 N–H and O–H groups in total. The van der Waals surface area contributed by atoms with Gasteiger partial charge in [-0.05, 0) is 30.3 Å². The van der Waals surface area contributed by atoms with Gasteiger partial charge in [0.15, 0.2) is 17.3 Å². The van der Waals surface area contributed by atoms with Gasteiger partial charge >= 0.3 is 0 Å². The molecule has 0 aliphatic carbocycles. The SMILES string of the molecule is C[S@](=O)c1c(-c2ccc(F)cc2)oc2cc3c(cc12)OCO3. The van der Waals surface area contributed by atoms with Gasteiger partial charge in [0.05, 0.1) is 15.7 Å². The van der Waals surface area contributed by atoms with E-state index >= 15 is 0 Å². The summed E-state index contributed by atoms with van der Waals surface area (Å²) in [6.45, 7) is 0.164. The Labute approximate surface area is 127 Å². The van der Waals surface area contributed by atoms with Crippen LogP contribution in [-0.4, -0.2) is 17.3 Å². The van der Waals surface area contributed by atoms with E-state index in [2.05, 4.69) is 0 Å². The van der Waals surface area contributed by atoms with Crippen LogP contribution in [0.1, 0.15) is 0 Å². The largest absolute Gasteiger partial charge is 0.455 e. The first-order valence-corrected chi connectivity index (χ1v) is 8.15. The van der Waals surface area contributed by atoms with Crippen LogP contribution in [0.3, 0.4) is 0 Å². The maximum atomic E-state index is 13.1. The molecule has 0 spiro atoms. The fourth-order valence-corrected chi connectivity index (χ4v) is 3.43. The summed E-state index contributed by atoms with van der Waals surface area (Å²) in [6, 6.07) is 9.38. The molecule has 4 nitrogen and oxygen atoms in total. The molecular formula is C16H11FO4S. The Morgan fingerprint density at radius 3 is 2.45 bits per heavy atom. The number of benzene rings is 2. The second kappa shape index (κ2) is 4.84. The molecule has 6 heteroatoms. The van der Waals surface area contributed by atoms with Crippen molar-refractivity contribution in [2.75, 3.05) is 13.0 Å². The summed E-state index contributed by atoms with van der Waals surface area (Å²) in [6.07, 6.45) is 1.59. The third-order valence-electron chi connectivity index (χ3n) is 3.53. The van der Waals surface area contributed by atoms with Gasteiger partial charge in [0.2, 0.25) is 6.79 Å². The van der Waals surface area contributed by atoms with Crippen LogP contribution < -0.4 is 9.47 Å². The van der Waals surface area contributed by atoms with E-state index < -0.39 is 10.8 Å². The van der Waals surface area contributed by atoms with Crippen LogP contribution >= 0.6 is 0 Å². The summed E-state index contributed by atoms with van der Waals surface area (Å²) >= 11 is 0. The summed E-state index contributed by atoms with van der Waals surface area (Å²) in [5.41, 5.74) is 1.23. The molecule has 4 rings (SSSR count). The highest BCUT2D eigenvalue weighted by atomic mass is 32.2. The van der Waals surface area contributed by atoms with Gasteiger partial charge in [0, 0.05) is 23.3 Å². The highest BCUT2D eigenvalue weighted by Gasteiger charge is 2.23. The summed E-state index contributed by atoms with van der Waals surface area (Å²) < 4.78 is 41.8. The molecule has 0 unspecified atom stereocenters. The minimum Gasteiger partial charge on any atom is -0.455 e. The van der Waals surface area contributed by atoms with E-state index in [9.17, 15) is 8.60 Å². The minimum absolute atomic E-state index is 0.164. The predicted octanol–water partition coefficient (Wildman–Crippen LogP) is 3.71. The maximum Gasteiger partial charge on any atom is 0.231 e. The number of hydrogen-bond donors (Lipinski definition) is 0. The number of fused-ring (bicyclic) bond motifs is 2. The van der Waals surface area contributed by atoms with Gasteiger partial charge < -0.3 is 13.9 Å². The summed E-state index contributed by atoms with van der Waals surface area (Å²) in [7, 11) is -1.27. The van der Waals surface area contributed by atoms with Crippen molar-refractivity contribution in [2.45, 2.75) is 4.90 Å². The summed E-state index contributed by atoms with van der Waals surface area (Å²) in [4.78, 5) is 0.569. The Kier molecular flexibility index (Phi) is 2.94. The lowest BCUT2D eigenvalue weighted by Crippen LogP contribution is -1.93. The Balaban J connectivity index is 2.00. The molecule has 0 fully saturated rings. The van der Waals surface area contributed by atoms with Crippen molar-refractivity contribution in [1.29, 1.82) is 0 Å². The van der Waals surface area contributed by atoms with Crippen LogP contribution in [0.5, 0.6) is 11.5 Å². The zero-order valence-corrected chi connectivity index (χ0v) is 12.4. The fourth-order valence-electron chi connectivity index (χ4n) is 2.54. The van der Waals surface area contributed by atoms with Crippen molar-refractivity contribution in [3.8, 4) is 22.8 Å². The van der Waals surface area contributed by atoms with Gasteiger partial charge in [-0.25, -0.2) is 4.39 Å². The highest BCUT2D eigenvalue weighted by Crippen LogP contribution is 2.42. The van der Waals surface area contributed by atoms with E-state index in [1.807, 2.05) is 0 Å². The van der Waals surface area contributed by atoms with Crippen LogP contribution in [0.25, 0.3) is 22.3 Å². The first-order valence-electron chi connectivity index (χ1n) is 6.59. The average Bonchev–Trinajstić information content (AvgIpc) is 3.08. The van der Waals surface area contributed by atoms with Crippen molar-refractivity contribution in [1.82, 2.24) is 0 Å². The topological polar surface area (TPSA) is 48.7 Å². The zero-order valence-electron chi connectivity index (χ0n) is 11.6. The van der Waals surface area contributed by atoms with Crippen molar-refractivity contribution in [2.24, 2.45) is 0 Å². The molecule has 0 radical (unpaired) electrons. The van der Waals surface area contributed by atoms with Crippen molar-refractivity contribution >= 4 is 21.8 Å². The number of furan rings is 1. The van der Waals surface area contributed by atoms with Crippen molar-refractivity contribution in [3.63, 3.8) is 0 Å². The first kappa shape index (κ1) is 13.3. The first-order chi connectivity index (χ1) is 10.6. The molecule has 1 aliphatic heterocycles. The molecule has 22 heavy (non-hydrogen) atoms. The van der Waals surface area contributed by atoms with E-state index in [4.69, 9.17) is 13.9 Å². The van der Waals surface area contributed by atoms with E-state index in [0.29, 0.717) is 38.7 Å². The van der Waals surface area contributed by atoms with Gasteiger partial charge in [0.25, 0.3) is 0 Å². The smallest absolute Gasteiger partial charge is 0.231 e. The third-order valence-corrected chi connectivity index (χ3v) is 4.51. The molecule has 0 saturated heterocycles. The lowest BCUT2D eigenvalue weighted by atomic mass is 10.1. The second-order valence-corrected chi connectivity index (χ2v) is 6.24. The van der Waals surface area contributed by atoms with Gasteiger partial charge in [-0.1, -0.05) is 0 Å².